The first-order valence-corrected chi connectivity index (χ1v) is 18.4. The minimum absolute atomic E-state index is 0.578. The quantitative estimate of drug-likeness (QED) is 0.138. The second-order valence-electron chi connectivity index (χ2n) is 12.3. The van der Waals surface area contributed by atoms with Crippen molar-refractivity contribution in [1.82, 2.24) is 4.57 Å². The zero-order valence-corrected chi connectivity index (χ0v) is 28.0. The lowest BCUT2D eigenvalue weighted by molar-refractivity contribution is 1.18. The van der Waals surface area contributed by atoms with Crippen LogP contribution in [-0.4, -0.2) is 12.6 Å². The highest BCUT2D eigenvalue weighted by Crippen LogP contribution is 2.37. The molecule has 4 nitrogen and oxygen atoms in total. The monoisotopic (exact) mass is 652 g/mol. The van der Waals surface area contributed by atoms with Crippen LogP contribution in [0.2, 0.25) is 0 Å². The molecule has 1 heterocycles. The van der Waals surface area contributed by atoms with Crippen LogP contribution in [0.25, 0.3) is 38.6 Å². The van der Waals surface area contributed by atoms with Gasteiger partial charge in [-0.3, -0.25) is 0 Å². The average molecular weight is 653 g/mol. The first-order valence-electron chi connectivity index (χ1n) is 16.4. The van der Waals surface area contributed by atoms with Crippen molar-refractivity contribution in [2.45, 2.75) is 0 Å². The molecule has 8 aromatic rings. The van der Waals surface area contributed by atoms with Crippen molar-refractivity contribution in [2.24, 2.45) is 0 Å². The summed E-state index contributed by atoms with van der Waals surface area (Å²) in [5.41, 5.74) is 6.89. The molecule has 0 amide bonds. The smallest absolute Gasteiger partial charge is 0.179 e. The molecule has 0 atom stereocenters. The van der Waals surface area contributed by atoms with Crippen LogP contribution in [-0.2, 0) is 0 Å². The van der Waals surface area contributed by atoms with E-state index in [0.717, 1.165) is 38.6 Å². The van der Waals surface area contributed by atoms with Crippen molar-refractivity contribution in [3.63, 3.8) is 0 Å². The third-order valence-corrected chi connectivity index (χ3v) is 14.5. The molecule has 1 aromatic heterocycles. The normalized spacial score (nSPS) is 11.1. The standard InChI is InChI=1S/C45H28N4Si/c46-29-32-15-21-38(22-16-32)50(36-9-3-1-4-10-36,37-11-5-2-6-12-37)39-23-19-35(20-24-39)40-13-7-8-14-43(40)49-44-25-17-33(30-47)27-41(44)42-28-34(31-48)18-26-45(42)49/h1-28H. The lowest BCUT2D eigenvalue weighted by atomic mass is 10.0. The van der Waals surface area contributed by atoms with Crippen molar-refractivity contribution in [1.29, 1.82) is 15.8 Å². The van der Waals surface area contributed by atoms with E-state index in [2.05, 4.69) is 138 Å². The van der Waals surface area contributed by atoms with Crippen molar-refractivity contribution in [2.75, 3.05) is 0 Å². The van der Waals surface area contributed by atoms with Crippen LogP contribution < -0.4 is 20.7 Å². The zero-order chi connectivity index (χ0) is 34.1. The Morgan fingerprint density at radius 1 is 0.400 bits per heavy atom. The molecule has 0 aliphatic carbocycles. The molecule has 5 heteroatoms. The van der Waals surface area contributed by atoms with E-state index < -0.39 is 8.07 Å². The Labute approximate surface area is 291 Å². The third-order valence-electron chi connectivity index (χ3n) is 9.66. The van der Waals surface area contributed by atoms with E-state index in [-0.39, 0.29) is 0 Å². The van der Waals surface area contributed by atoms with Crippen LogP contribution in [0.5, 0.6) is 0 Å². The lowest BCUT2D eigenvalue weighted by Crippen LogP contribution is -2.74. The molecule has 0 unspecified atom stereocenters. The summed E-state index contributed by atoms with van der Waals surface area (Å²) in [5.74, 6) is 0. The molecule has 0 bridgehead atoms. The maximum Gasteiger partial charge on any atom is 0.179 e. The highest BCUT2D eigenvalue weighted by Gasteiger charge is 2.41. The lowest BCUT2D eigenvalue weighted by Gasteiger charge is -2.34. The van der Waals surface area contributed by atoms with Crippen molar-refractivity contribution in [3.8, 4) is 35.0 Å². The molecule has 0 saturated carbocycles. The molecular formula is C45H28N4Si. The van der Waals surface area contributed by atoms with Gasteiger partial charge in [-0.2, -0.15) is 15.8 Å². The van der Waals surface area contributed by atoms with Gasteiger partial charge in [0.25, 0.3) is 0 Å². The van der Waals surface area contributed by atoms with Crippen molar-refractivity contribution < 1.29 is 0 Å². The van der Waals surface area contributed by atoms with E-state index in [1.54, 1.807) is 0 Å². The molecule has 0 aliphatic heterocycles. The summed E-state index contributed by atoms with van der Waals surface area (Å²) in [6.45, 7) is 0. The number of fused-ring (bicyclic) bond motifs is 3. The second kappa shape index (κ2) is 12.6. The van der Waals surface area contributed by atoms with E-state index in [1.807, 2.05) is 54.6 Å². The minimum Gasteiger partial charge on any atom is -0.309 e. The van der Waals surface area contributed by atoms with E-state index in [0.29, 0.717) is 16.7 Å². The van der Waals surface area contributed by atoms with Gasteiger partial charge < -0.3 is 4.57 Å². The summed E-state index contributed by atoms with van der Waals surface area (Å²) in [6, 6.07) is 65.3. The van der Waals surface area contributed by atoms with Gasteiger partial charge in [0.1, 0.15) is 0 Å². The largest absolute Gasteiger partial charge is 0.309 e. The number of aromatic nitrogens is 1. The Bertz CT molecular complexity index is 2540. The predicted molar refractivity (Wildman–Crippen MR) is 204 cm³/mol. The third kappa shape index (κ3) is 4.88. The summed E-state index contributed by atoms with van der Waals surface area (Å²) in [4.78, 5) is 0. The maximum absolute atomic E-state index is 9.69. The number of nitriles is 3. The zero-order valence-electron chi connectivity index (χ0n) is 27.0. The van der Waals surface area contributed by atoms with Gasteiger partial charge in [-0.25, -0.2) is 0 Å². The van der Waals surface area contributed by atoms with Crippen molar-refractivity contribution >= 4 is 50.6 Å². The topological polar surface area (TPSA) is 76.3 Å². The van der Waals surface area contributed by atoms with Gasteiger partial charge in [-0.1, -0.05) is 115 Å². The Balaban J connectivity index is 1.34. The molecule has 0 fully saturated rings. The molecule has 0 aliphatic rings. The molecule has 8 rings (SSSR count). The Morgan fingerprint density at radius 3 is 1.32 bits per heavy atom. The SMILES string of the molecule is N#Cc1ccc([Si](c2ccccc2)(c2ccccc2)c2ccc(-c3ccccc3-n3c4ccc(C#N)cc4c4cc(C#N)ccc43)cc2)cc1. The van der Waals surface area contributed by atoms with E-state index >= 15 is 0 Å². The minimum atomic E-state index is -2.78. The molecule has 50 heavy (non-hydrogen) atoms. The number of benzene rings is 7. The first-order chi connectivity index (χ1) is 24.6. The van der Waals surface area contributed by atoms with Gasteiger partial charge in [0.05, 0.1) is 51.6 Å². The van der Waals surface area contributed by atoms with Crippen LogP contribution in [0, 0.1) is 34.0 Å². The fourth-order valence-corrected chi connectivity index (χ4v) is 12.1. The fourth-order valence-electron chi connectivity index (χ4n) is 7.41. The van der Waals surface area contributed by atoms with Gasteiger partial charge in [0.2, 0.25) is 0 Å². The molecule has 0 spiro atoms. The predicted octanol–water partition coefficient (Wildman–Crippen LogP) is 7.44. The molecule has 0 radical (unpaired) electrons. The molecule has 0 saturated heterocycles. The molecular weight excluding hydrogens is 625 g/mol. The molecule has 7 aromatic carbocycles. The summed E-state index contributed by atoms with van der Waals surface area (Å²) < 4.78 is 2.24. The average Bonchev–Trinajstić information content (AvgIpc) is 3.52. The summed E-state index contributed by atoms with van der Waals surface area (Å²) in [5, 5.41) is 35.8. The van der Waals surface area contributed by atoms with Crippen LogP contribution >= 0.6 is 0 Å². The fraction of sp³-hybridized carbons (Fsp3) is 0. The van der Waals surface area contributed by atoms with Crippen LogP contribution in [0.15, 0.2) is 170 Å². The van der Waals surface area contributed by atoms with Gasteiger partial charge >= 0.3 is 0 Å². The maximum atomic E-state index is 9.69. The number of hydrogen-bond acceptors (Lipinski definition) is 3. The van der Waals surface area contributed by atoms with Gasteiger partial charge in [-0.05, 0) is 80.9 Å². The summed E-state index contributed by atoms with van der Waals surface area (Å²) in [6.07, 6.45) is 0. The first kappa shape index (κ1) is 30.4. The van der Waals surface area contributed by atoms with Crippen LogP contribution in [0.3, 0.4) is 0 Å². The summed E-state index contributed by atoms with van der Waals surface area (Å²) >= 11 is 0. The number of rotatable bonds is 6. The van der Waals surface area contributed by atoms with Crippen LogP contribution in [0.1, 0.15) is 16.7 Å². The Hall–Kier alpha value is -6.97. The van der Waals surface area contributed by atoms with Gasteiger partial charge in [0, 0.05) is 16.3 Å². The highest BCUT2D eigenvalue weighted by atomic mass is 28.3. The van der Waals surface area contributed by atoms with Crippen LogP contribution in [0.4, 0.5) is 0 Å². The van der Waals surface area contributed by atoms with Gasteiger partial charge in [0.15, 0.2) is 8.07 Å². The molecule has 0 N–H and O–H groups in total. The number of para-hydroxylation sites is 1. The molecule has 232 valence electrons. The number of nitrogens with zero attached hydrogens (tertiary/aromatic N) is 4. The van der Waals surface area contributed by atoms with E-state index in [1.165, 1.54) is 20.7 Å². The second-order valence-corrected chi connectivity index (χ2v) is 16.1. The number of hydrogen-bond donors (Lipinski definition) is 0. The highest BCUT2D eigenvalue weighted by molar-refractivity contribution is 7.19. The van der Waals surface area contributed by atoms with Crippen molar-refractivity contribution in [3.05, 3.63) is 187 Å². The Kier molecular flexibility index (Phi) is 7.63. The van der Waals surface area contributed by atoms with E-state index in [9.17, 15) is 15.8 Å². The Morgan fingerprint density at radius 2 is 0.820 bits per heavy atom. The summed E-state index contributed by atoms with van der Waals surface area (Å²) in [7, 11) is -2.78. The van der Waals surface area contributed by atoms with E-state index in [4.69, 9.17) is 0 Å². The van der Waals surface area contributed by atoms with Gasteiger partial charge in [-0.15, -0.1) is 0 Å².